The summed E-state index contributed by atoms with van der Waals surface area (Å²) in [5.74, 6) is -0.280. The van der Waals surface area contributed by atoms with Crippen molar-refractivity contribution >= 4 is 5.97 Å². The molecule has 1 aliphatic heterocycles. The van der Waals surface area contributed by atoms with Crippen LogP contribution in [0.15, 0.2) is 36.4 Å². The van der Waals surface area contributed by atoms with Gasteiger partial charge in [-0.25, -0.2) is 4.79 Å². The minimum absolute atomic E-state index is 0.280. The number of rotatable bonds is 1. The van der Waals surface area contributed by atoms with Crippen LogP contribution in [0, 0.1) is 6.92 Å². The molecule has 0 radical (unpaired) electrons. The summed E-state index contributed by atoms with van der Waals surface area (Å²) >= 11 is 0. The van der Waals surface area contributed by atoms with E-state index in [4.69, 9.17) is 4.74 Å². The lowest BCUT2D eigenvalue weighted by atomic mass is 9.91. The largest absolute Gasteiger partial charge is 0.451 e. The van der Waals surface area contributed by atoms with Gasteiger partial charge in [0, 0.05) is 12.0 Å². The molecule has 0 spiro atoms. The minimum atomic E-state index is -0.526. The van der Waals surface area contributed by atoms with Gasteiger partial charge in [-0.2, -0.15) is 0 Å². The van der Waals surface area contributed by atoms with E-state index in [0.29, 0.717) is 12.0 Å². The van der Waals surface area contributed by atoms with Crippen molar-refractivity contribution in [3.8, 4) is 0 Å². The van der Waals surface area contributed by atoms with E-state index in [1.165, 1.54) is 5.56 Å². The van der Waals surface area contributed by atoms with Gasteiger partial charge >= 0.3 is 5.97 Å². The number of hydrogen-bond donors (Lipinski definition) is 0. The summed E-state index contributed by atoms with van der Waals surface area (Å²) in [6, 6.07) is 8.05. The van der Waals surface area contributed by atoms with Gasteiger partial charge in [-0.1, -0.05) is 36.4 Å². The molecule has 1 fully saturated rings. The van der Waals surface area contributed by atoms with Crippen LogP contribution in [-0.4, -0.2) is 5.97 Å². The van der Waals surface area contributed by atoms with Crippen molar-refractivity contribution in [2.45, 2.75) is 25.9 Å². The highest BCUT2D eigenvalue weighted by Crippen LogP contribution is 2.38. The quantitative estimate of drug-likeness (QED) is 0.517. The molecule has 2 nitrogen and oxygen atoms in total. The highest BCUT2D eigenvalue weighted by atomic mass is 16.6. The van der Waals surface area contributed by atoms with E-state index in [0.717, 1.165) is 5.56 Å². The first-order valence-electron chi connectivity index (χ1n) is 4.99. The second-order valence-electron chi connectivity index (χ2n) is 4.27. The van der Waals surface area contributed by atoms with Gasteiger partial charge in [-0.15, -0.1) is 0 Å². The third-order valence-corrected chi connectivity index (χ3v) is 2.82. The lowest BCUT2D eigenvalue weighted by molar-refractivity contribution is -0.145. The predicted molar refractivity (Wildman–Crippen MR) is 58.4 cm³/mol. The molecule has 1 aromatic rings. The van der Waals surface area contributed by atoms with Gasteiger partial charge in [-0.05, 0) is 19.4 Å². The van der Waals surface area contributed by atoms with E-state index in [9.17, 15) is 4.79 Å². The van der Waals surface area contributed by atoms with Crippen LogP contribution in [-0.2, 0) is 15.1 Å². The van der Waals surface area contributed by atoms with Crippen LogP contribution in [0.2, 0.25) is 0 Å². The highest BCUT2D eigenvalue weighted by molar-refractivity contribution is 5.90. The molecule has 1 heterocycles. The minimum Gasteiger partial charge on any atom is -0.451 e. The number of aryl methyl sites for hydroxylation is 1. The Balaban J connectivity index is 2.35. The Morgan fingerprint density at radius 3 is 2.40 bits per heavy atom. The van der Waals surface area contributed by atoms with Gasteiger partial charge < -0.3 is 4.74 Å². The van der Waals surface area contributed by atoms with Crippen molar-refractivity contribution in [1.82, 2.24) is 0 Å². The lowest BCUT2D eigenvalue weighted by Gasteiger charge is -2.22. The maximum atomic E-state index is 11.3. The Labute approximate surface area is 89.6 Å². The molecule has 0 N–H and O–H groups in total. The fraction of sp³-hybridized carbons (Fsp3) is 0.308. The first-order chi connectivity index (χ1) is 7.01. The van der Waals surface area contributed by atoms with Gasteiger partial charge in [-0.3, -0.25) is 0 Å². The summed E-state index contributed by atoms with van der Waals surface area (Å²) in [5, 5.41) is 0. The SMILES string of the molecule is C=C1CC(C)(c2ccc(C)cc2)OC1=O. The topological polar surface area (TPSA) is 26.3 Å². The molecule has 0 amide bonds. The zero-order chi connectivity index (χ0) is 11.1. The van der Waals surface area contributed by atoms with Crippen molar-refractivity contribution in [2.75, 3.05) is 0 Å². The van der Waals surface area contributed by atoms with Gasteiger partial charge in [0.05, 0.1) is 0 Å². The van der Waals surface area contributed by atoms with Crippen LogP contribution >= 0.6 is 0 Å². The molecule has 78 valence electrons. The molecule has 0 aliphatic carbocycles. The average Bonchev–Trinajstić information content (AvgIpc) is 2.43. The van der Waals surface area contributed by atoms with Crippen molar-refractivity contribution in [3.05, 3.63) is 47.5 Å². The molecule has 1 aromatic carbocycles. The number of cyclic esters (lactones) is 1. The number of ether oxygens (including phenoxy) is 1. The molecule has 1 aliphatic rings. The fourth-order valence-corrected chi connectivity index (χ4v) is 1.86. The van der Waals surface area contributed by atoms with Gasteiger partial charge in [0.25, 0.3) is 0 Å². The highest BCUT2D eigenvalue weighted by Gasteiger charge is 2.39. The van der Waals surface area contributed by atoms with Gasteiger partial charge in [0.2, 0.25) is 0 Å². The Morgan fingerprint density at radius 2 is 1.93 bits per heavy atom. The first kappa shape index (κ1) is 9.97. The van der Waals surface area contributed by atoms with E-state index in [1.807, 2.05) is 38.1 Å². The van der Waals surface area contributed by atoms with Crippen LogP contribution in [0.1, 0.15) is 24.5 Å². The second-order valence-corrected chi connectivity index (χ2v) is 4.27. The Kier molecular flexibility index (Phi) is 2.14. The van der Waals surface area contributed by atoms with Crippen LogP contribution in [0.3, 0.4) is 0 Å². The first-order valence-corrected chi connectivity index (χ1v) is 4.99. The second kappa shape index (κ2) is 3.23. The monoisotopic (exact) mass is 202 g/mol. The average molecular weight is 202 g/mol. The fourth-order valence-electron chi connectivity index (χ4n) is 1.86. The summed E-state index contributed by atoms with van der Waals surface area (Å²) in [6.07, 6.45) is 0.578. The number of esters is 1. The van der Waals surface area contributed by atoms with E-state index in [-0.39, 0.29) is 5.97 Å². The zero-order valence-corrected chi connectivity index (χ0v) is 9.04. The van der Waals surface area contributed by atoms with E-state index in [1.54, 1.807) is 0 Å². The molecular weight excluding hydrogens is 188 g/mol. The predicted octanol–water partition coefficient (Wildman–Crippen LogP) is 2.71. The molecular formula is C13H14O2. The molecule has 1 saturated heterocycles. The smallest absolute Gasteiger partial charge is 0.334 e. The molecule has 1 unspecified atom stereocenters. The number of benzene rings is 1. The third-order valence-electron chi connectivity index (χ3n) is 2.82. The third kappa shape index (κ3) is 1.67. The molecule has 2 rings (SSSR count). The Hall–Kier alpha value is -1.57. The Morgan fingerprint density at radius 1 is 1.33 bits per heavy atom. The maximum Gasteiger partial charge on any atom is 0.334 e. The van der Waals surface area contributed by atoms with Crippen molar-refractivity contribution < 1.29 is 9.53 Å². The molecule has 0 aromatic heterocycles. The number of carbonyl (C=O) groups excluding carboxylic acids is 1. The van der Waals surface area contributed by atoms with Crippen molar-refractivity contribution in [2.24, 2.45) is 0 Å². The summed E-state index contributed by atoms with van der Waals surface area (Å²) in [5.41, 5.74) is 2.26. The summed E-state index contributed by atoms with van der Waals surface area (Å²) in [6.45, 7) is 7.66. The Bertz CT molecular complexity index is 399. The van der Waals surface area contributed by atoms with E-state index >= 15 is 0 Å². The van der Waals surface area contributed by atoms with Crippen LogP contribution in [0.25, 0.3) is 0 Å². The molecule has 0 bridgehead atoms. The summed E-state index contributed by atoms with van der Waals surface area (Å²) in [7, 11) is 0. The molecule has 2 heteroatoms. The molecule has 0 saturated carbocycles. The summed E-state index contributed by atoms with van der Waals surface area (Å²) < 4.78 is 5.35. The standard InChI is InChI=1S/C13H14O2/c1-9-4-6-11(7-5-9)13(3)8-10(2)12(14)15-13/h4-7H,2,8H2,1,3H3. The summed E-state index contributed by atoms with van der Waals surface area (Å²) in [4.78, 5) is 11.3. The lowest BCUT2D eigenvalue weighted by Crippen LogP contribution is -2.20. The van der Waals surface area contributed by atoms with Crippen molar-refractivity contribution in [3.63, 3.8) is 0 Å². The molecule has 15 heavy (non-hydrogen) atoms. The normalized spacial score (nSPS) is 25.5. The molecule has 1 atom stereocenters. The van der Waals surface area contributed by atoms with Gasteiger partial charge in [0.1, 0.15) is 5.60 Å². The number of carbonyl (C=O) groups is 1. The van der Waals surface area contributed by atoms with Gasteiger partial charge in [0.15, 0.2) is 0 Å². The van der Waals surface area contributed by atoms with E-state index < -0.39 is 5.60 Å². The van der Waals surface area contributed by atoms with Crippen LogP contribution < -0.4 is 0 Å². The zero-order valence-electron chi connectivity index (χ0n) is 9.04. The van der Waals surface area contributed by atoms with Crippen LogP contribution in [0.5, 0.6) is 0 Å². The van der Waals surface area contributed by atoms with E-state index in [2.05, 4.69) is 6.58 Å². The number of hydrogen-bond acceptors (Lipinski definition) is 2. The maximum absolute atomic E-state index is 11.3. The van der Waals surface area contributed by atoms with Crippen molar-refractivity contribution in [1.29, 1.82) is 0 Å². The van der Waals surface area contributed by atoms with Crippen LogP contribution in [0.4, 0.5) is 0 Å².